The van der Waals surface area contributed by atoms with Crippen molar-refractivity contribution in [2.24, 2.45) is 5.14 Å². The van der Waals surface area contributed by atoms with Gasteiger partial charge in [-0.05, 0) is 61.1 Å². The summed E-state index contributed by atoms with van der Waals surface area (Å²) in [5.41, 5.74) is 1.65. The average molecular weight is 379 g/mol. The summed E-state index contributed by atoms with van der Waals surface area (Å²) >= 11 is 5.30. The van der Waals surface area contributed by atoms with E-state index in [-0.39, 0.29) is 17.7 Å². The third-order valence-electron chi connectivity index (χ3n) is 3.68. The molecule has 7 nitrogen and oxygen atoms in total. The lowest BCUT2D eigenvalue weighted by molar-refractivity contribution is 0.174. The largest absolute Gasteiger partial charge is 0.454 e. The topological polar surface area (TPSA) is 103 Å². The third kappa shape index (κ3) is 4.19. The number of hydrogen-bond donors (Lipinski definition) is 3. The van der Waals surface area contributed by atoms with Gasteiger partial charge >= 0.3 is 0 Å². The van der Waals surface area contributed by atoms with Gasteiger partial charge in [0, 0.05) is 5.69 Å². The summed E-state index contributed by atoms with van der Waals surface area (Å²) in [6.45, 7) is 2.20. The molecule has 0 saturated heterocycles. The number of hydrogen-bond acceptors (Lipinski definition) is 5. The van der Waals surface area contributed by atoms with Gasteiger partial charge in [0.2, 0.25) is 16.8 Å². The van der Waals surface area contributed by atoms with Crippen molar-refractivity contribution in [3.05, 3.63) is 48.0 Å². The van der Waals surface area contributed by atoms with E-state index >= 15 is 0 Å². The summed E-state index contributed by atoms with van der Waals surface area (Å²) in [6, 6.07) is 11.7. The molecule has 132 valence electrons. The number of anilines is 1. The molecule has 0 saturated carbocycles. The molecule has 0 spiro atoms. The second kappa shape index (κ2) is 6.87. The molecular weight excluding hydrogens is 362 g/mol. The minimum atomic E-state index is -3.71. The molecule has 0 bridgehead atoms. The Labute approximate surface area is 151 Å². The van der Waals surface area contributed by atoms with Gasteiger partial charge in [0.15, 0.2) is 16.6 Å². The second-order valence-corrected chi connectivity index (χ2v) is 7.47. The number of nitrogens with two attached hydrogens (primary N) is 1. The standard InChI is InChI=1S/C16H17N3O4S2/c1-10(11-2-7-14-15(8-11)23-9-22-14)18-16(24)19-12-3-5-13(6-4-12)25(17,20)21/h2-8,10H,9H2,1H3,(H2,17,20,21)(H2,18,19,24)/t10-/m1/s1. The van der Waals surface area contributed by atoms with Crippen LogP contribution < -0.4 is 25.2 Å². The second-order valence-electron chi connectivity index (χ2n) is 5.50. The smallest absolute Gasteiger partial charge is 0.238 e. The maximum Gasteiger partial charge on any atom is 0.238 e. The highest BCUT2D eigenvalue weighted by molar-refractivity contribution is 7.89. The number of sulfonamides is 1. The molecule has 0 aliphatic carbocycles. The van der Waals surface area contributed by atoms with Crippen molar-refractivity contribution in [1.29, 1.82) is 0 Å². The van der Waals surface area contributed by atoms with Gasteiger partial charge in [-0.25, -0.2) is 13.6 Å². The van der Waals surface area contributed by atoms with Crippen LogP contribution >= 0.6 is 12.2 Å². The molecule has 9 heteroatoms. The van der Waals surface area contributed by atoms with Crippen LogP contribution in [0.5, 0.6) is 11.5 Å². The molecule has 0 unspecified atom stereocenters. The van der Waals surface area contributed by atoms with Crippen LogP contribution in [0.3, 0.4) is 0 Å². The molecule has 0 radical (unpaired) electrons. The van der Waals surface area contributed by atoms with Crippen LogP contribution in [0, 0.1) is 0 Å². The molecular formula is C16H17N3O4S2. The van der Waals surface area contributed by atoms with Gasteiger partial charge in [-0.3, -0.25) is 0 Å². The van der Waals surface area contributed by atoms with Gasteiger partial charge in [-0.15, -0.1) is 0 Å². The SMILES string of the molecule is C[C@@H](NC(=S)Nc1ccc(S(N)(=O)=O)cc1)c1ccc2c(c1)OCO2. The van der Waals surface area contributed by atoms with Crippen LogP contribution in [0.15, 0.2) is 47.4 Å². The van der Waals surface area contributed by atoms with Gasteiger partial charge in [-0.2, -0.15) is 0 Å². The normalized spacial score (nSPS) is 14.0. The van der Waals surface area contributed by atoms with E-state index < -0.39 is 10.0 Å². The first-order chi connectivity index (χ1) is 11.8. The molecule has 2 aromatic rings. The average Bonchev–Trinajstić information content (AvgIpc) is 3.01. The Hall–Kier alpha value is -2.36. The van der Waals surface area contributed by atoms with Crippen molar-refractivity contribution in [3.8, 4) is 11.5 Å². The zero-order valence-electron chi connectivity index (χ0n) is 13.4. The number of thiocarbonyl (C=S) groups is 1. The molecule has 2 aromatic carbocycles. The highest BCUT2D eigenvalue weighted by Gasteiger charge is 2.16. The van der Waals surface area contributed by atoms with Gasteiger partial charge in [0.05, 0.1) is 10.9 Å². The van der Waals surface area contributed by atoms with E-state index in [0.29, 0.717) is 16.5 Å². The maximum absolute atomic E-state index is 11.2. The Kier molecular flexibility index (Phi) is 4.80. The summed E-state index contributed by atoms with van der Waals surface area (Å²) < 4.78 is 33.2. The van der Waals surface area contributed by atoms with E-state index in [9.17, 15) is 8.42 Å². The van der Waals surface area contributed by atoms with Crippen molar-refractivity contribution < 1.29 is 17.9 Å². The summed E-state index contributed by atoms with van der Waals surface area (Å²) in [4.78, 5) is 0.0469. The first-order valence-corrected chi connectivity index (χ1v) is 9.38. The Bertz CT molecular complexity index is 898. The minimum absolute atomic E-state index is 0.0469. The van der Waals surface area contributed by atoms with Crippen molar-refractivity contribution in [2.45, 2.75) is 17.9 Å². The van der Waals surface area contributed by atoms with Crippen LogP contribution in [-0.2, 0) is 10.0 Å². The van der Waals surface area contributed by atoms with Crippen LogP contribution in [0.1, 0.15) is 18.5 Å². The van der Waals surface area contributed by atoms with Gasteiger partial charge in [0.25, 0.3) is 0 Å². The number of benzene rings is 2. The van der Waals surface area contributed by atoms with E-state index in [4.69, 9.17) is 26.8 Å². The highest BCUT2D eigenvalue weighted by atomic mass is 32.2. The van der Waals surface area contributed by atoms with Crippen molar-refractivity contribution in [3.63, 3.8) is 0 Å². The fraction of sp³-hybridized carbons (Fsp3) is 0.188. The Balaban J connectivity index is 1.62. The lowest BCUT2D eigenvalue weighted by Gasteiger charge is -2.18. The van der Waals surface area contributed by atoms with Crippen LogP contribution in [0.4, 0.5) is 5.69 Å². The van der Waals surface area contributed by atoms with Gasteiger partial charge in [0.1, 0.15) is 0 Å². The summed E-state index contributed by atoms with van der Waals surface area (Å²) in [5.74, 6) is 1.44. The number of nitrogens with one attached hydrogen (secondary N) is 2. The maximum atomic E-state index is 11.2. The summed E-state index contributed by atoms with van der Waals surface area (Å²) in [7, 11) is -3.71. The fourth-order valence-electron chi connectivity index (χ4n) is 2.36. The summed E-state index contributed by atoms with van der Waals surface area (Å²) in [5, 5.41) is 11.6. The van der Waals surface area contributed by atoms with Crippen molar-refractivity contribution in [1.82, 2.24) is 5.32 Å². The van der Waals surface area contributed by atoms with Gasteiger partial charge in [-0.1, -0.05) is 6.07 Å². The number of rotatable bonds is 4. The zero-order valence-corrected chi connectivity index (χ0v) is 15.0. The molecule has 1 atom stereocenters. The first-order valence-electron chi connectivity index (χ1n) is 7.43. The van der Waals surface area contributed by atoms with Crippen LogP contribution in [0.2, 0.25) is 0 Å². The van der Waals surface area contributed by atoms with E-state index in [2.05, 4.69) is 10.6 Å². The third-order valence-corrected chi connectivity index (χ3v) is 4.83. The number of primary sulfonamides is 1. The Morgan fingerprint density at radius 2 is 1.84 bits per heavy atom. The van der Waals surface area contributed by atoms with E-state index in [1.54, 1.807) is 12.1 Å². The molecule has 0 amide bonds. The fourth-order valence-corrected chi connectivity index (χ4v) is 3.17. The molecule has 0 fully saturated rings. The van der Waals surface area contributed by atoms with Crippen LogP contribution in [-0.4, -0.2) is 20.3 Å². The predicted octanol–water partition coefficient (Wildman–Crippen LogP) is 2.11. The molecule has 0 aromatic heterocycles. The number of ether oxygens (including phenoxy) is 2. The van der Waals surface area contributed by atoms with E-state index in [1.165, 1.54) is 12.1 Å². The molecule has 1 aliphatic heterocycles. The minimum Gasteiger partial charge on any atom is -0.454 e. The first kappa shape index (κ1) is 17.5. The molecule has 1 heterocycles. The van der Waals surface area contributed by atoms with Gasteiger partial charge < -0.3 is 20.1 Å². The lowest BCUT2D eigenvalue weighted by atomic mass is 10.1. The molecule has 4 N–H and O–H groups in total. The Morgan fingerprint density at radius 3 is 2.52 bits per heavy atom. The number of fused-ring (bicyclic) bond motifs is 1. The van der Waals surface area contributed by atoms with Crippen molar-refractivity contribution in [2.75, 3.05) is 12.1 Å². The Morgan fingerprint density at radius 1 is 1.16 bits per heavy atom. The lowest BCUT2D eigenvalue weighted by Crippen LogP contribution is -2.30. The quantitative estimate of drug-likeness (QED) is 0.699. The molecule has 1 aliphatic rings. The zero-order chi connectivity index (χ0) is 18.0. The van der Waals surface area contributed by atoms with Crippen LogP contribution in [0.25, 0.3) is 0 Å². The monoisotopic (exact) mass is 379 g/mol. The predicted molar refractivity (Wildman–Crippen MR) is 98.2 cm³/mol. The molecule has 25 heavy (non-hydrogen) atoms. The van der Waals surface area contributed by atoms with E-state index in [1.807, 2.05) is 25.1 Å². The van der Waals surface area contributed by atoms with E-state index in [0.717, 1.165) is 11.3 Å². The summed E-state index contributed by atoms with van der Waals surface area (Å²) in [6.07, 6.45) is 0. The van der Waals surface area contributed by atoms with Crippen molar-refractivity contribution >= 4 is 33.0 Å². The molecule has 3 rings (SSSR count). The highest BCUT2D eigenvalue weighted by Crippen LogP contribution is 2.34.